The summed E-state index contributed by atoms with van der Waals surface area (Å²) in [5.74, 6) is 0. The Labute approximate surface area is 88.7 Å². The number of aryl methyl sites for hydroxylation is 2. The fourth-order valence-corrected chi connectivity index (χ4v) is 1.55. The first-order valence-electron chi connectivity index (χ1n) is 4.65. The molecule has 1 aromatic rings. The third-order valence-corrected chi connectivity index (χ3v) is 3.27. The van der Waals surface area contributed by atoms with E-state index in [2.05, 4.69) is 54.2 Å². The highest BCUT2D eigenvalue weighted by molar-refractivity contribution is 9.10. The second kappa shape index (κ2) is 4.66. The van der Waals surface area contributed by atoms with Crippen molar-refractivity contribution in [3.8, 4) is 0 Å². The van der Waals surface area contributed by atoms with E-state index in [9.17, 15) is 0 Å². The first kappa shape index (κ1) is 10.6. The predicted octanol–water partition coefficient (Wildman–Crippen LogP) is 3.89. The van der Waals surface area contributed by atoms with Gasteiger partial charge < -0.3 is 5.32 Å². The molecule has 0 bridgehead atoms. The number of nitrogens with one attached hydrogen (secondary N) is 1. The minimum Gasteiger partial charge on any atom is -0.385 e. The summed E-state index contributed by atoms with van der Waals surface area (Å²) in [6.45, 7) is 7.45. The standard InChI is InChI=1S/C11H16BrN/c1-4-5-13-10-6-8(2)11(12)9(3)7-10/h6-7,13H,4-5H2,1-3H3. The number of halogens is 1. The lowest BCUT2D eigenvalue weighted by molar-refractivity contribution is 0.978. The Morgan fingerprint density at radius 1 is 1.23 bits per heavy atom. The number of rotatable bonds is 3. The van der Waals surface area contributed by atoms with Crippen molar-refractivity contribution in [2.45, 2.75) is 27.2 Å². The van der Waals surface area contributed by atoms with Crippen LogP contribution in [0.15, 0.2) is 16.6 Å². The summed E-state index contributed by atoms with van der Waals surface area (Å²) in [7, 11) is 0. The smallest absolute Gasteiger partial charge is 0.0346 e. The van der Waals surface area contributed by atoms with Crippen molar-refractivity contribution in [3.05, 3.63) is 27.7 Å². The van der Waals surface area contributed by atoms with Gasteiger partial charge in [0.2, 0.25) is 0 Å². The second-order valence-electron chi connectivity index (χ2n) is 3.35. The Morgan fingerprint density at radius 3 is 2.23 bits per heavy atom. The Morgan fingerprint density at radius 2 is 1.77 bits per heavy atom. The van der Waals surface area contributed by atoms with Crippen molar-refractivity contribution in [1.29, 1.82) is 0 Å². The predicted molar refractivity (Wildman–Crippen MR) is 62.4 cm³/mol. The van der Waals surface area contributed by atoms with Crippen molar-refractivity contribution in [2.24, 2.45) is 0 Å². The van der Waals surface area contributed by atoms with Crippen molar-refractivity contribution >= 4 is 21.6 Å². The quantitative estimate of drug-likeness (QED) is 0.847. The number of benzene rings is 1. The van der Waals surface area contributed by atoms with Crippen LogP contribution in [-0.2, 0) is 0 Å². The fraction of sp³-hybridized carbons (Fsp3) is 0.455. The third kappa shape index (κ3) is 2.73. The lowest BCUT2D eigenvalue weighted by atomic mass is 10.1. The van der Waals surface area contributed by atoms with Crippen LogP contribution in [0.2, 0.25) is 0 Å². The number of hydrogen-bond donors (Lipinski definition) is 1. The molecule has 2 heteroatoms. The molecule has 1 aromatic carbocycles. The van der Waals surface area contributed by atoms with Crippen LogP contribution in [-0.4, -0.2) is 6.54 Å². The first-order chi connectivity index (χ1) is 6.15. The van der Waals surface area contributed by atoms with Crippen LogP contribution in [0, 0.1) is 13.8 Å². The SMILES string of the molecule is CCCNc1cc(C)c(Br)c(C)c1. The molecule has 1 N–H and O–H groups in total. The van der Waals surface area contributed by atoms with Gasteiger partial charge in [0, 0.05) is 16.7 Å². The topological polar surface area (TPSA) is 12.0 Å². The van der Waals surface area contributed by atoms with Crippen molar-refractivity contribution in [2.75, 3.05) is 11.9 Å². The molecule has 0 radical (unpaired) electrons. The molecule has 0 saturated carbocycles. The molecule has 0 atom stereocenters. The summed E-state index contributed by atoms with van der Waals surface area (Å²) < 4.78 is 1.22. The molecule has 1 nitrogen and oxygen atoms in total. The molecule has 0 aliphatic rings. The zero-order valence-electron chi connectivity index (χ0n) is 8.45. The molecule has 0 saturated heterocycles. The maximum atomic E-state index is 3.55. The van der Waals surface area contributed by atoms with E-state index < -0.39 is 0 Å². The fourth-order valence-electron chi connectivity index (χ4n) is 1.32. The van der Waals surface area contributed by atoms with Crippen LogP contribution < -0.4 is 5.32 Å². The van der Waals surface area contributed by atoms with Gasteiger partial charge in [0.1, 0.15) is 0 Å². The molecule has 0 heterocycles. The average molecular weight is 242 g/mol. The maximum absolute atomic E-state index is 3.55. The molecule has 0 aliphatic heterocycles. The van der Waals surface area contributed by atoms with E-state index in [-0.39, 0.29) is 0 Å². The normalized spacial score (nSPS) is 10.2. The van der Waals surface area contributed by atoms with E-state index in [1.165, 1.54) is 21.3 Å². The lowest BCUT2D eigenvalue weighted by Gasteiger charge is -2.09. The average Bonchev–Trinajstić information content (AvgIpc) is 2.10. The molecule has 0 amide bonds. The number of anilines is 1. The molecule has 1 rings (SSSR count). The highest BCUT2D eigenvalue weighted by Crippen LogP contribution is 2.24. The monoisotopic (exact) mass is 241 g/mol. The van der Waals surface area contributed by atoms with E-state index in [0.29, 0.717) is 0 Å². The third-order valence-electron chi connectivity index (χ3n) is 2.02. The zero-order valence-corrected chi connectivity index (χ0v) is 10.0. The van der Waals surface area contributed by atoms with Crippen LogP contribution in [0.5, 0.6) is 0 Å². The Kier molecular flexibility index (Phi) is 3.79. The summed E-state index contributed by atoms with van der Waals surface area (Å²) in [4.78, 5) is 0. The van der Waals surface area contributed by atoms with Crippen LogP contribution in [0.25, 0.3) is 0 Å². The van der Waals surface area contributed by atoms with E-state index in [0.717, 1.165) is 13.0 Å². The summed E-state index contributed by atoms with van der Waals surface area (Å²) in [5.41, 5.74) is 3.80. The van der Waals surface area contributed by atoms with Crippen molar-refractivity contribution in [3.63, 3.8) is 0 Å². The molecule has 0 fully saturated rings. The summed E-state index contributed by atoms with van der Waals surface area (Å²) in [6.07, 6.45) is 1.16. The Balaban J connectivity index is 2.86. The van der Waals surface area contributed by atoms with Crippen molar-refractivity contribution < 1.29 is 0 Å². The van der Waals surface area contributed by atoms with Gasteiger partial charge in [-0.2, -0.15) is 0 Å². The van der Waals surface area contributed by atoms with E-state index in [1.807, 2.05) is 0 Å². The van der Waals surface area contributed by atoms with Gasteiger partial charge in [0.25, 0.3) is 0 Å². The zero-order chi connectivity index (χ0) is 9.84. The largest absolute Gasteiger partial charge is 0.385 e. The van der Waals surface area contributed by atoms with E-state index in [1.54, 1.807) is 0 Å². The summed E-state index contributed by atoms with van der Waals surface area (Å²) in [6, 6.07) is 4.35. The second-order valence-corrected chi connectivity index (χ2v) is 4.14. The molecule has 0 spiro atoms. The molecule has 0 unspecified atom stereocenters. The van der Waals surface area contributed by atoms with Gasteiger partial charge in [-0.15, -0.1) is 0 Å². The molecular weight excluding hydrogens is 226 g/mol. The number of hydrogen-bond acceptors (Lipinski definition) is 1. The first-order valence-corrected chi connectivity index (χ1v) is 5.45. The summed E-state index contributed by atoms with van der Waals surface area (Å²) in [5, 5.41) is 3.38. The van der Waals surface area contributed by atoms with Gasteiger partial charge in [-0.25, -0.2) is 0 Å². The molecule has 0 aromatic heterocycles. The van der Waals surface area contributed by atoms with Crippen LogP contribution >= 0.6 is 15.9 Å². The van der Waals surface area contributed by atoms with Crippen LogP contribution in [0.4, 0.5) is 5.69 Å². The van der Waals surface area contributed by atoms with Gasteiger partial charge in [0.15, 0.2) is 0 Å². The highest BCUT2D eigenvalue weighted by Gasteiger charge is 2.00. The molecule has 13 heavy (non-hydrogen) atoms. The van der Waals surface area contributed by atoms with Gasteiger partial charge in [0.05, 0.1) is 0 Å². The van der Waals surface area contributed by atoms with Gasteiger partial charge in [-0.1, -0.05) is 22.9 Å². The molecular formula is C11H16BrN. The van der Waals surface area contributed by atoms with Gasteiger partial charge in [-0.05, 0) is 43.5 Å². The summed E-state index contributed by atoms with van der Waals surface area (Å²) >= 11 is 3.55. The molecule has 72 valence electrons. The van der Waals surface area contributed by atoms with Gasteiger partial charge >= 0.3 is 0 Å². The van der Waals surface area contributed by atoms with E-state index >= 15 is 0 Å². The van der Waals surface area contributed by atoms with E-state index in [4.69, 9.17) is 0 Å². The van der Waals surface area contributed by atoms with Crippen LogP contribution in [0.3, 0.4) is 0 Å². The minimum absolute atomic E-state index is 1.04. The molecule has 0 aliphatic carbocycles. The Hall–Kier alpha value is -0.500. The Bertz CT molecular complexity index is 271. The van der Waals surface area contributed by atoms with Crippen molar-refractivity contribution in [1.82, 2.24) is 0 Å². The van der Waals surface area contributed by atoms with Crippen LogP contribution in [0.1, 0.15) is 24.5 Å². The highest BCUT2D eigenvalue weighted by atomic mass is 79.9. The lowest BCUT2D eigenvalue weighted by Crippen LogP contribution is -2.00. The van der Waals surface area contributed by atoms with Gasteiger partial charge in [-0.3, -0.25) is 0 Å². The maximum Gasteiger partial charge on any atom is 0.0346 e. The minimum atomic E-state index is 1.04.